The van der Waals surface area contributed by atoms with Crippen LogP contribution in [0.2, 0.25) is 0 Å². The zero-order chi connectivity index (χ0) is 16.4. The molecule has 0 radical (unpaired) electrons. The van der Waals surface area contributed by atoms with E-state index in [4.69, 9.17) is 4.42 Å². The molecule has 116 valence electrons. The molecule has 0 saturated heterocycles. The van der Waals surface area contributed by atoms with Crippen molar-refractivity contribution < 1.29 is 18.0 Å². The number of carbonyl (C=O) groups is 1. The Bertz CT molecular complexity index is 865. The maximum absolute atomic E-state index is 13.7. The van der Waals surface area contributed by atoms with Crippen LogP contribution in [-0.2, 0) is 0 Å². The first-order valence-electron chi connectivity index (χ1n) is 6.39. The molecule has 1 heterocycles. The van der Waals surface area contributed by atoms with Gasteiger partial charge >= 0.3 is 6.01 Å². The van der Waals surface area contributed by atoms with Crippen molar-refractivity contribution in [3.63, 3.8) is 0 Å². The van der Waals surface area contributed by atoms with Crippen LogP contribution >= 0.6 is 15.9 Å². The summed E-state index contributed by atoms with van der Waals surface area (Å²) in [6, 6.07) is 9.41. The summed E-state index contributed by atoms with van der Waals surface area (Å²) in [5, 5.41) is 9.66. The summed E-state index contributed by atoms with van der Waals surface area (Å²) in [5.41, 5.74) is 0.337. The van der Waals surface area contributed by atoms with Crippen molar-refractivity contribution >= 4 is 27.9 Å². The molecule has 3 aromatic rings. The zero-order valence-electron chi connectivity index (χ0n) is 11.4. The van der Waals surface area contributed by atoms with E-state index in [1.807, 2.05) is 0 Å². The lowest BCUT2D eigenvalue weighted by molar-refractivity contribution is 0.102. The molecule has 0 atom stereocenters. The minimum absolute atomic E-state index is 0.0527. The topological polar surface area (TPSA) is 68.0 Å². The number of carbonyl (C=O) groups excluding carboxylic acids is 1. The average molecular weight is 380 g/mol. The summed E-state index contributed by atoms with van der Waals surface area (Å²) < 4.78 is 32.6. The highest BCUT2D eigenvalue weighted by molar-refractivity contribution is 9.10. The van der Waals surface area contributed by atoms with Crippen LogP contribution < -0.4 is 5.32 Å². The number of aromatic nitrogens is 2. The van der Waals surface area contributed by atoms with Crippen molar-refractivity contribution in [2.45, 2.75) is 0 Å². The van der Waals surface area contributed by atoms with Gasteiger partial charge < -0.3 is 4.42 Å². The van der Waals surface area contributed by atoms with Gasteiger partial charge in [0.1, 0.15) is 11.6 Å². The number of benzene rings is 2. The molecule has 0 saturated carbocycles. The molecule has 2 aromatic carbocycles. The third-order valence-electron chi connectivity index (χ3n) is 2.91. The second-order valence-corrected chi connectivity index (χ2v) is 5.41. The fourth-order valence-electron chi connectivity index (χ4n) is 1.82. The number of nitrogens with zero attached hydrogens (tertiary/aromatic N) is 2. The number of hydrogen-bond acceptors (Lipinski definition) is 4. The Labute approximate surface area is 137 Å². The van der Waals surface area contributed by atoms with Gasteiger partial charge in [0, 0.05) is 16.1 Å². The van der Waals surface area contributed by atoms with Crippen molar-refractivity contribution in [3.05, 3.63) is 64.1 Å². The van der Waals surface area contributed by atoms with E-state index in [2.05, 4.69) is 31.4 Å². The average Bonchev–Trinajstić information content (AvgIpc) is 2.96. The van der Waals surface area contributed by atoms with Crippen molar-refractivity contribution in [3.8, 4) is 11.5 Å². The maximum Gasteiger partial charge on any atom is 0.322 e. The van der Waals surface area contributed by atoms with Gasteiger partial charge in [-0.25, -0.2) is 8.78 Å². The molecule has 0 unspecified atom stereocenters. The highest BCUT2D eigenvalue weighted by Gasteiger charge is 2.15. The van der Waals surface area contributed by atoms with Crippen LogP contribution in [0, 0.1) is 11.6 Å². The van der Waals surface area contributed by atoms with E-state index in [0.717, 1.165) is 10.5 Å². The molecular weight excluding hydrogens is 372 g/mol. The summed E-state index contributed by atoms with van der Waals surface area (Å²) in [5.74, 6) is -2.16. The van der Waals surface area contributed by atoms with Crippen LogP contribution in [-0.4, -0.2) is 16.1 Å². The molecular formula is C15H8BrF2N3O2. The van der Waals surface area contributed by atoms with Gasteiger partial charge in [-0.3, -0.25) is 10.1 Å². The predicted octanol–water partition coefficient (Wildman–Crippen LogP) is 4.03. The first-order valence-corrected chi connectivity index (χ1v) is 7.18. The van der Waals surface area contributed by atoms with Crippen molar-refractivity contribution in [2.24, 2.45) is 0 Å². The third kappa shape index (κ3) is 3.42. The Balaban J connectivity index is 1.79. The molecule has 1 aromatic heterocycles. The van der Waals surface area contributed by atoms with Crippen LogP contribution in [0.1, 0.15) is 10.4 Å². The molecule has 1 N–H and O–H groups in total. The number of rotatable bonds is 3. The zero-order valence-corrected chi connectivity index (χ0v) is 13.0. The van der Waals surface area contributed by atoms with Crippen molar-refractivity contribution in [2.75, 3.05) is 5.32 Å². The smallest absolute Gasteiger partial charge is 0.322 e. The predicted molar refractivity (Wildman–Crippen MR) is 81.7 cm³/mol. The Kier molecular flexibility index (Phi) is 4.16. The number of hydrogen-bond donors (Lipinski definition) is 1. The fraction of sp³-hybridized carbons (Fsp3) is 0. The van der Waals surface area contributed by atoms with Crippen LogP contribution in [0.15, 0.2) is 51.4 Å². The Morgan fingerprint density at radius 1 is 1.09 bits per heavy atom. The number of amides is 1. The van der Waals surface area contributed by atoms with Crippen molar-refractivity contribution in [1.29, 1.82) is 0 Å². The van der Waals surface area contributed by atoms with E-state index in [0.29, 0.717) is 11.6 Å². The minimum atomic E-state index is -0.834. The summed E-state index contributed by atoms with van der Waals surface area (Å²) in [6.45, 7) is 0. The summed E-state index contributed by atoms with van der Waals surface area (Å²) >= 11 is 3.27. The molecule has 0 fully saturated rings. The molecule has 0 aliphatic rings. The second kappa shape index (κ2) is 6.25. The SMILES string of the molecule is O=C(Nc1nnc(-c2ccc(F)cc2F)o1)c1ccc(Br)cc1. The van der Waals surface area contributed by atoms with E-state index in [1.54, 1.807) is 24.3 Å². The van der Waals surface area contributed by atoms with Crippen LogP contribution in [0.3, 0.4) is 0 Å². The van der Waals surface area contributed by atoms with Gasteiger partial charge in [-0.15, -0.1) is 5.10 Å². The van der Waals surface area contributed by atoms with E-state index < -0.39 is 17.5 Å². The van der Waals surface area contributed by atoms with Crippen LogP contribution in [0.25, 0.3) is 11.5 Å². The maximum atomic E-state index is 13.7. The second-order valence-electron chi connectivity index (χ2n) is 4.50. The van der Waals surface area contributed by atoms with Gasteiger partial charge in [0.2, 0.25) is 0 Å². The molecule has 8 heteroatoms. The lowest BCUT2D eigenvalue weighted by Crippen LogP contribution is -2.11. The number of nitrogens with one attached hydrogen (secondary N) is 1. The molecule has 5 nitrogen and oxygen atoms in total. The Morgan fingerprint density at radius 2 is 1.83 bits per heavy atom. The molecule has 0 spiro atoms. The van der Waals surface area contributed by atoms with E-state index in [1.165, 1.54) is 6.07 Å². The van der Waals surface area contributed by atoms with Crippen LogP contribution in [0.4, 0.5) is 14.8 Å². The standard InChI is InChI=1S/C15H8BrF2N3O2/c16-9-3-1-8(2-4-9)13(22)19-15-21-20-14(23-15)11-6-5-10(17)7-12(11)18/h1-7H,(H,19,21,22). The van der Waals surface area contributed by atoms with E-state index >= 15 is 0 Å². The lowest BCUT2D eigenvalue weighted by Gasteiger charge is -2.00. The van der Waals surface area contributed by atoms with E-state index in [-0.39, 0.29) is 17.5 Å². The van der Waals surface area contributed by atoms with Gasteiger partial charge in [0.05, 0.1) is 5.56 Å². The highest BCUT2D eigenvalue weighted by atomic mass is 79.9. The fourth-order valence-corrected chi connectivity index (χ4v) is 2.08. The first-order chi connectivity index (χ1) is 11.0. The van der Waals surface area contributed by atoms with Gasteiger partial charge in [0.15, 0.2) is 0 Å². The van der Waals surface area contributed by atoms with Gasteiger partial charge in [-0.05, 0) is 36.4 Å². The monoisotopic (exact) mass is 379 g/mol. The largest absolute Gasteiger partial charge is 0.403 e. The lowest BCUT2D eigenvalue weighted by atomic mass is 10.2. The highest BCUT2D eigenvalue weighted by Crippen LogP contribution is 2.23. The Hall–Kier alpha value is -2.61. The summed E-state index contributed by atoms with van der Waals surface area (Å²) in [6.07, 6.45) is 0. The minimum Gasteiger partial charge on any atom is -0.403 e. The normalized spacial score (nSPS) is 10.6. The quantitative estimate of drug-likeness (QED) is 0.745. The third-order valence-corrected chi connectivity index (χ3v) is 3.44. The summed E-state index contributed by atoms with van der Waals surface area (Å²) in [7, 11) is 0. The first kappa shape index (κ1) is 15.3. The van der Waals surface area contributed by atoms with Gasteiger partial charge in [-0.1, -0.05) is 21.0 Å². The molecule has 0 aliphatic heterocycles. The molecule has 23 heavy (non-hydrogen) atoms. The van der Waals surface area contributed by atoms with Crippen LogP contribution in [0.5, 0.6) is 0 Å². The van der Waals surface area contributed by atoms with E-state index in [9.17, 15) is 13.6 Å². The molecule has 1 amide bonds. The Morgan fingerprint density at radius 3 is 2.52 bits per heavy atom. The molecule has 0 bridgehead atoms. The van der Waals surface area contributed by atoms with Crippen molar-refractivity contribution in [1.82, 2.24) is 10.2 Å². The molecule has 3 rings (SSSR count). The summed E-state index contributed by atoms with van der Waals surface area (Å²) in [4.78, 5) is 12.0. The number of halogens is 3. The van der Waals surface area contributed by atoms with Gasteiger partial charge in [-0.2, -0.15) is 0 Å². The molecule has 0 aliphatic carbocycles. The van der Waals surface area contributed by atoms with Gasteiger partial charge in [0.25, 0.3) is 11.8 Å². The number of anilines is 1.